The minimum Gasteiger partial charge on any atom is -0.481 e. The molecule has 0 aliphatic heterocycles. The Labute approximate surface area is 130 Å². The number of nitrogens with one attached hydrogen (secondary N) is 1. The van der Waals surface area contributed by atoms with E-state index in [2.05, 4.69) is 5.32 Å². The van der Waals surface area contributed by atoms with E-state index in [1.807, 2.05) is 38.1 Å². The van der Waals surface area contributed by atoms with Crippen LogP contribution >= 0.6 is 0 Å². The zero-order valence-corrected chi connectivity index (χ0v) is 13.0. The zero-order chi connectivity index (χ0) is 16.1. The second-order valence-electron chi connectivity index (χ2n) is 5.83. The third kappa shape index (κ3) is 4.00. The number of carboxylic acids is 1. The average Bonchev–Trinajstić information content (AvgIpc) is 2.95. The Kier molecular flexibility index (Phi) is 5.41. The maximum absolute atomic E-state index is 12.3. The van der Waals surface area contributed by atoms with E-state index in [0.717, 1.165) is 5.56 Å². The molecule has 2 rings (SSSR count). The number of carbonyl (C=O) groups excluding carboxylic acids is 1. The van der Waals surface area contributed by atoms with Crippen molar-refractivity contribution in [3.05, 3.63) is 29.8 Å². The summed E-state index contributed by atoms with van der Waals surface area (Å²) in [6.45, 7) is 3.84. The van der Waals surface area contributed by atoms with Crippen molar-refractivity contribution in [1.29, 1.82) is 0 Å². The molecule has 1 unspecified atom stereocenters. The molecule has 1 aliphatic rings. The Balaban J connectivity index is 1.92. The van der Waals surface area contributed by atoms with Gasteiger partial charge in [-0.3, -0.25) is 9.59 Å². The Morgan fingerprint density at radius 2 is 2.09 bits per heavy atom. The van der Waals surface area contributed by atoms with Crippen molar-refractivity contribution in [2.75, 3.05) is 0 Å². The van der Waals surface area contributed by atoms with Gasteiger partial charge in [-0.15, -0.1) is 0 Å². The number of benzene rings is 1. The summed E-state index contributed by atoms with van der Waals surface area (Å²) in [4.78, 5) is 23.3. The first-order chi connectivity index (χ1) is 10.5. The highest BCUT2D eigenvalue weighted by molar-refractivity contribution is 5.81. The van der Waals surface area contributed by atoms with Gasteiger partial charge >= 0.3 is 5.97 Å². The van der Waals surface area contributed by atoms with E-state index in [1.54, 1.807) is 0 Å². The number of para-hydroxylation sites is 1. The fraction of sp³-hybridized carbons (Fsp3) is 0.529. The van der Waals surface area contributed by atoms with E-state index in [1.165, 1.54) is 0 Å². The van der Waals surface area contributed by atoms with Crippen molar-refractivity contribution >= 4 is 11.9 Å². The van der Waals surface area contributed by atoms with Crippen LogP contribution in [-0.2, 0) is 9.59 Å². The second kappa shape index (κ2) is 7.29. The molecule has 5 nitrogen and oxygen atoms in total. The molecule has 1 aromatic rings. The number of rotatable bonds is 6. The van der Waals surface area contributed by atoms with Gasteiger partial charge in [0.2, 0.25) is 0 Å². The molecule has 5 heteroatoms. The number of ether oxygens (including phenoxy) is 1. The number of hydrogen-bond donors (Lipinski definition) is 2. The average molecular weight is 305 g/mol. The topological polar surface area (TPSA) is 75.6 Å². The van der Waals surface area contributed by atoms with Crippen molar-refractivity contribution in [2.45, 2.75) is 51.7 Å². The summed E-state index contributed by atoms with van der Waals surface area (Å²) in [7, 11) is 0. The molecule has 0 saturated heterocycles. The number of aliphatic carboxylic acids is 1. The van der Waals surface area contributed by atoms with Gasteiger partial charge in [-0.2, -0.15) is 0 Å². The van der Waals surface area contributed by atoms with Crippen LogP contribution < -0.4 is 10.1 Å². The predicted molar refractivity (Wildman–Crippen MR) is 82.8 cm³/mol. The van der Waals surface area contributed by atoms with Crippen LogP contribution in [-0.4, -0.2) is 29.1 Å². The first-order valence-corrected chi connectivity index (χ1v) is 7.76. The van der Waals surface area contributed by atoms with Crippen LogP contribution in [0.5, 0.6) is 5.75 Å². The molecule has 120 valence electrons. The van der Waals surface area contributed by atoms with Gasteiger partial charge in [-0.25, -0.2) is 0 Å². The predicted octanol–water partition coefficient (Wildman–Crippen LogP) is 2.52. The lowest BCUT2D eigenvalue weighted by Crippen LogP contribution is -2.42. The van der Waals surface area contributed by atoms with E-state index in [-0.39, 0.29) is 17.9 Å². The highest BCUT2D eigenvalue weighted by atomic mass is 16.5. The van der Waals surface area contributed by atoms with E-state index in [9.17, 15) is 9.59 Å². The molecule has 0 bridgehead atoms. The molecule has 22 heavy (non-hydrogen) atoms. The van der Waals surface area contributed by atoms with Gasteiger partial charge < -0.3 is 15.2 Å². The lowest BCUT2D eigenvalue weighted by atomic mass is 10.1. The maximum Gasteiger partial charge on any atom is 0.306 e. The second-order valence-corrected chi connectivity index (χ2v) is 5.83. The third-order valence-corrected chi connectivity index (χ3v) is 4.15. The van der Waals surface area contributed by atoms with Crippen LogP contribution in [0.4, 0.5) is 0 Å². The number of carbonyl (C=O) groups is 2. The SMILES string of the molecule is CCC(Oc1ccccc1C)C(=O)N[C@@H]1CC[C@H](C(=O)O)C1. The van der Waals surface area contributed by atoms with Gasteiger partial charge in [0.05, 0.1) is 5.92 Å². The Morgan fingerprint density at radius 1 is 1.36 bits per heavy atom. The smallest absolute Gasteiger partial charge is 0.306 e. The van der Waals surface area contributed by atoms with Crippen LogP contribution in [0.3, 0.4) is 0 Å². The molecular weight excluding hydrogens is 282 g/mol. The minimum absolute atomic E-state index is 0.0666. The Hall–Kier alpha value is -2.04. The Morgan fingerprint density at radius 3 is 2.68 bits per heavy atom. The van der Waals surface area contributed by atoms with Crippen LogP contribution in [0.15, 0.2) is 24.3 Å². The molecule has 1 amide bonds. The summed E-state index contributed by atoms with van der Waals surface area (Å²) in [6.07, 6.45) is 1.85. The largest absolute Gasteiger partial charge is 0.481 e. The highest BCUT2D eigenvalue weighted by Gasteiger charge is 2.32. The molecule has 0 radical (unpaired) electrons. The van der Waals surface area contributed by atoms with Crippen LogP contribution in [0.1, 0.15) is 38.2 Å². The number of amides is 1. The lowest BCUT2D eigenvalue weighted by molar-refractivity contribution is -0.141. The van der Waals surface area contributed by atoms with E-state index < -0.39 is 12.1 Å². The summed E-state index contributed by atoms with van der Waals surface area (Å²) in [6, 6.07) is 7.52. The van der Waals surface area contributed by atoms with Crippen molar-refractivity contribution < 1.29 is 19.4 Å². The Bertz CT molecular complexity index is 543. The summed E-state index contributed by atoms with van der Waals surface area (Å²) in [5, 5.41) is 11.9. The van der Waals surface area contributed by atoms with E-state index in [4.69, 9.17) is 9.84 Å². The van der Waals surface area contributed by atoms with Crippen molar-refractivity contribution in [2.24, 2.45) is 5.92 Å². The van der Waals surface area contributed by atoms with Gasteiger partial charge in [0.1, 0.15) is 5.75 Å². The first kappa shape index (κ1) is 16.3. The van der Waals surface area contributed by atoms with Gasteiger partial charge in [0.15, 0.2) is 6.10 Å². The molecule has 1 aromatic carbocycles. The number of carboxylic acid groups (broad SMARTS) is 1. The van der Waals surface area contributed by atoms with Crippen molar-refractivity contribution in [3.8, 4) is 5.75 Å². The summed E-state index contributed by atoms with van der Waals surface area (Å²) >= 11 is 0. The molecule has 0 heterocycles. The number of hydrogen-bond acceptors (Lipinski definition) is 3. The molecule has 1 aliphatic carbocycles. The highest BCUT2D eigenvalue weighted by Crippen LogP contribution is 2.26. The standard InChI is InChI=1S/C17H23NO4/c1-3-14(22-15-7-5-4-6-11(15)2)16(19)18-13-9-8-12(10-13)17(20)21/h4-7,12-14H,3,8-10H2,1-2H3,(H,18,19)(H,20,21)/t12-,13+,14?/m0/s1. The summed E-state index contributed by atoms with van der Waals surface area (Å²) < 4.78 is 5.81. The molecule has 2 N–H and O–H groups in total. The van der Waals surface area contributed by atoms with E-state index in [0.29, 0.717) is 31.4 Å². The monoisotopic (exact) mass is 305 g/mol. The fourth-order valence-electron chi connectivity index (χ4n) is 2.80. The molecule has 1 saturated carbocycles. The quantitative estimate of drug-likeness (QED) is 0.847. The molecule has 1 fully saturated rings. The maximum atomic E-state index is 12.3. The lowest BCUT2D eigenvalue weighted by Gasteiger charge is -2.21. The van der Waals surface area contributed by atoms with Gasteiger partial charge in [0.25, 0.3) is 5.91 Å². The van der Waals surface area contributed by atoms with Crippen molar-refractivity contribution in [3.63, 3.8) is 0 Å². The molecule has 0 aromatic heterocycles. The van der Waals surface area contributed by atoms with Crippen LogP contribution in [0, 0.1) is 12.8 Å². The van der Waals surface area contributed by atoms with Crippen molar-refractivity contribution in [1.82, 2.24) is 5.32 Å². The summed E-state index contributed by atoms with van der Waals surface area (Å²) in [5.74, 6) is -0.580. The molecular formula is C17H23NO4. The van der Waals surface area contributed by atoms with E-state index >= 15 is 0 Å². The van der Waals surface area contributed by atoms with Gasteiger partial charge in [0, 0.05) is 6.04 Å². The summed E-state index contributed by atoms with van der Waals surface area (Å²) in [5.41, 5.74) is 0.987. The minimum atomic E-state index is -0.778. The molecule has 0 spiro atoms. The third-order valence-electron chi connectivity index (χ3n) is 4.15. The van der Waals surface area contributed by atoms with Crippen LogP contribution in [0.25, 0.3) is 0 Å². The van der Waals surface area contributed by atoms with Gasteiger partial charge in [-0.05, 0) is 44.2 Å². The fourth-order valence-corrected chi connectivity index (χ4v) is 2.80. The normalized spacial score (nSPS) is 22.1. The zero-order valence-electron chi connectivity index (χ0n) is 13.0. The van der Waals surface area contributed by atoms with Gasteiger partial charge in [-0.1, -0.05) is 25.1 Å². The van der Waals surface area contributed by atoms with Crippen LogP contribution in [0.2, 0.25) is 0 Å². The molecule has 3 atom stereocenters. The number of aryl methyl sites for hydroxylation is 1. The first-order valence-electron chi connectivity index (χ1n) is 7.76.